The molecule has 1 aliphatic heterocycles. The van der Waals surface area contributed by atoms with Crippen LogP contribution in [0.15, 0.2) is 24.3 Å². The van der Waals surface area contributed by atoms with E-state index in [1.54, 1.807) is 6.07 Å². The summed E-state index contributed by atoms with van der Waals surface area (Å²) in [4.78, 5) is 11.5. The summed E-state index contributed by atoms with van der Waals surface area (Å²) in [6, 6.07) is 7.83. The van der Waals surface area contributed by atoms with Crippen molar-refractivity contribution in [3.8, 4) is 0 Å². The Bertz CT molecular complexity index is 403. The van der Waals surface area contributed by atoms with Gasteiger partial charge in [0, 0.05) is 0 Å². The van der Waals surface area contributed by atoms with Crippen LogP contribution in [0.2, 0.25) is 0 Å². The number of carbonyl (C=O) groups is 1. The number of methoxy groups -OCH3 is 1. The van der Waals surface area contributed by atoms with Crippen molar-refractivity contribution in [2.24, 2.45) is 5.92 Å². The van der Waals surface area contributed by atoms with Crippen LogP contribution in [0.1, 0.15) is 35.2 Å². The Morgan fingerprint density at radius 1 is 1.47 bits per heavy atom. The first-order chi connectivity index (χ1) is 8.22. The molecule has 2 rings (SSSR count). The van der Waals surface area contributed by atoms with Gasteiger partial charge in [0.25, 0.3) is 0 Å². The van der Waals surface area contributed by atoms with Crippen LogP contribution >= 0.6 is 0 Å². The highest BCUT2D eigenvalue weighted by Crippen LogP contribution is 2.30. The zero-order valence-electron chi connectivity index (χ0n) is 10.4. The molecule has 0 spiro atoms. The van der Waals surface area contributed by atoms with Crippen molar-refractivity contribution in [1.82, 2.24) is 5.32 Å². The van der Waals surface area contributed by atoms with Gasteiger partial charge in [0.2, 0.25) is 0 Å². The quantitative estimate of drug-likeness (QED) is 0.796. The minimum absolute atomic E-state index is 0.256. The molecule has 1 N–H and O–H groups in total. The highest BCUT2D eigenvalue weighted by Gasteiger charge is 2.23. The number of esters is 1. The molecule has 0 aliphatic carbocycles. The van der Waals surface area contributed by atoms with Gasteiger partial charge in [-0.2, -0.15) is 0 Å². The Morgan fingerprint density at radius 3 is 3.00 bits per heavy atom. The molecule has 17 heavy (non-hydrogen) atoms. The molecule has 0 bridgehead atoms. The van der Waals surface area contributed by atoms with E-state index >= 15 is 0 Å². The van der Waals surface area contributed by atoms with E-state index in [-0.39, 0.29) is 5.97 Å². The first-order valence-electron chi connectivity index (χ1n) is 6.11. The lowest BCUT2D eigenvalue weighted by Gasteiger charge is -2.30. The topological polar surface area (TPSA) is 38.3 Å². The van der Waals surface area contributed by atoms with E-state index in [0.29, 0.717) is 17.4 Å². The maximum absolute atomic E-state index is 11.5. The van der Waals surface area contributed by atoms with Crippen LogP contribution < -0.4 is 5.32 Å². The van der Waals surface area contributed by atoms with Gasteiger partial charge < -0.3 is 10.1 Å². The fourth-order valence-corrected chi connectivity index (χ4v) is 2.52. The third-order valence-electron chi connectivity index (χ3n) is 3.52. The fourth-order valence-electron chi connectivity index (χ4n) is 2.52. The molecular formula is C14H19NO2. The molecule has 1 aromatic rings. The highest BCUT2D eigenvalue weighted by molar-refractivity contribution is 5.89. The highest BCUT2D eigenvalue weighted by atomic mass is 16.5. The Hall–Kier alpha value is -1.35. The number of benzene rings is 1. The normalized spacial score (nSPS) is 24.4. The van der Waals surface area contributed by atoms with Gasteiger partial charge in [0.05, 0.1) is 12.7 Å². The van der Waals surface area contributed by atoms with Gasteiger partial charge in [-0.05, 0) is 49.0 Å². The maximum atomic E-state index is 11.5. The van der Waals surface area contributed by atoms with Crippen LogP contribution in [0.5, 0.6) is 0 Å². The average Bonchev–Trinajstić information content (AvgIpc) is 2.38. The van der Waals surface area contributed by atoms with Crippen molar-refractivity contribution in [3.05, 3.63) is 35.4 Å². The van der Waals surface area contributed by atoms with Crippen LogP contribution in [-0.2, 0) is 4.74 Å². The third kappa shape index (κ3) is 2.67. The maximum Gasteiger partial charge on any atom is 0.337 e. The zero-order valence-corrected chi connectivity index (χ0v) is 10.4. The number of carbonyl (C=O) groups excluding carboxylic acids is 1. The first kappa shape index (κ1) is 12.1. The summed E-state index contributed by atoms with van der Waals surface area (Å²) in [6.45, 7) is 4.35. The minimum atomic E-state index is -0.256. The zero-order chi connectivity index (χ0) is 12.3. The molecule has 1 fully saturated rings. The van der Waals surface area contributed by atoms with Gasteiger partial charge in [0.1, 0.15) is 0 Å². The standard InChI is InChI=1S/C14H19NO2/c1-10-9-15-7-6-13(10)11-4-3-5-12(8-11)14(16)17-2/h3-5,8,10,13,15H,6-7,9H2,1-2H3/t10-,13-/m1/s1. The van der Waals surface area contributed by atoms with Gasteiger partial charge in [-0.1, -0.05) is 19.1 Å². The van der Waals surface area contributed by atoms with Crippen molar-refractivity contribution < 1.29 is 9.53 Å². The Morgan fingerprint density at radius 2 is 2.29 bits per heavy atom. The predicted molar refractivity (Wildman–Crippen MR) is 67.2 cm³/mol. The molecule has 0 amide bonds. The molecule has 3 heteroatoms. The van der Waals surface area contributed by atoms with Crippen LogP contribution in [0, 0.1) is 5.92 Å². The summed E-state index contributed by atoms with van der Waals surface area (Å²) in [7, 11) is 1.42. The van der Waals surface area contributed by atoms with Crippen molar-refractivity contribution in [2.75, 3.05) is 20.2 Å². The lowest BCUT2D eigenvalue weighted by Crippen LogP contribution is -2.33. The number of nitrogens with one attached hydrogen (secondary N) is 1. The van der Waals surface area contributed by atoms with E-state index in [4.69, 9.17) is 4.74 Å². The van der Waals surface area contributed by atoms with E-state index in [9.17, 15) is 4.79 Å². The van der Waals surface area contributed by atoms with E-state index in [1.165, 1.54) is 12.7 Å². The molecule has 2 atom stereocenters. The predicted octanol–water partition coefficient (Wildman–Crippen LogP) is 2.19. The van der Waals surface area contributed by atoms with Crippen LogP contribution in [-0.4, -0.2) is 26.2 Å². The minimum Gasteiger partial charge on any atom is -0.465 e. The second-order valence-corrected chi connectivity index (χ2v) is 4.69. The van der Waals surface area contributed by atoms with Gasteiger partial charge in [-0.3, -0.25) is 0 Å². The molecule has 1 aromatic carbocycles. The van der Waals surface area contributed by atoms with Crippen molar-refractivity contribution >= 4 is 5.97 Å². The molecular weight excluding hydrogens is 214 g/mol. The number of rotatable bonds is 2. The second kappa shape index (κ2) is 5.32. The van der Waals surface area contributed by atoms with Crippen LogP contribution in [0.3, 0.4) is 0 Å². The van der Waals surface area contributed by atoms with E-state index in [1.807, 2.05) is 12.1 Å². The van der Waals surface area contributed by atoms with E-state index in [2.05, 4.69) is 18.3 Å². The Balaban J connectivity index is 2.23. The molecule has 0 radical (unpaired) electrons. The summed E-state index contributed by atoms with van der Waals surface area (Å²) in [6.07, 6.45) is 1.13. The second-order valence-electron chi connectivity index (χ2n) is 4.69. The van der Waals surface area contributed by atoms with Crippen molar-refractivity contribution in [1.29, 1.82) is 0 Å². The van der Waals surface area contributed by atoms with Crippen molar-refractivity contribution in [3.63, 3.8) is 0 Å². The number of ether oxygens (including phenoxy) is 1. The molecule has 3 nitrogen and oxygen atoms in total. The van der Waals surface area contributed by atoms with E-state index < -0.39 is 0 Å². The lowest BCUT2D eigenvalue weighted by molar-refractivity contribution is 0.0600. The lowest BCUT2D eigenvalue weighted by atomic mass is 9.82. The number of hydrogen-bond acceptors (Lipinski definition) is 3. The molecule has 0 aromatic heterocycles. The molecule has 92 valence electrons. The number of hydrogen-bond donors (Lipinski definition) is 1. The van der Waals surface area contributed by atoms with Crippen LogP contribution in [0.25, 0.3) is 0 Å². The fraction of sp³-hybridized carbons (Fsp3) is 0.500. The van der Waals surface area contributed by atoms with Gasteiger partial charge in [0.15, 0.2) is 0 Å². The number of piperidine rings is 1. The Labute approximate surface area is 102 Å². The molecule has 0 saturated carbocycles. The van der Waals surface area contributed by atoms with Gasteiger partial charge in [-0.25, -0.2) is 4.79 Å². The Kier molecular flexibility index (Phi) is 3.79. The monoisotopic (exact) mass is 233 g/mol. The van der Waals surface area contributed by atoms with Gasteiger partial charge >= 0.3 is 5.97 Å². The molecule has 0 unspecified atom stereocenters. The van der Waals surface area contributed by atoms with Gasteiger partial charge in [-0.15, -0.1) is 0 Å². The van der Waals surface area contributed by atoms with Crippen molar-refractivity contribution in [2.45, 2.75) is 19.3 Å². The third-order valence-corrected chi connectivity index (χ3v) is 3.52. The summed E-state index contributed by atoms with van der Waals surface area (Å²) in [5, 5.41) is 3.39. The average molecular weight is 233 g/mol. The largest absolute Gasteiger partial charge is 0.465 e. The van der Waals surface area contributed by atoms with Crippen LogP contribution in [0.4, 0.5) is 0 Å². The SMILES string of the molecule is COC(=O)c1cccc([C@@H]2CCNC[C@H]2C)c1. The molecule has 1 heterocycles. The molecule has 1 aliphatic rings. The first-order valence-corrected chi connectivity index (χ1v) is 6.11. The molecule has 1 saturated heterocycles. The summed E-state index contributed by atoms with van der Waals surface area (Å²) in [5.74, 6) is 0.894. The summed E-state index contributed by atoms with van der Waals surface area (Å²) >= 11 is 0. The summed E-state index contributed by atoms with van der Waals surface area (Å²) < 4.78 is 4.75. The smallest absolute Gasteiger partial charge is 0.337 e. The summed E-state index contributed by atoms with van der Waals surface area (Å²) in [5.41, 5.74) is 1.90. The van der Waals surface area contributed by atoms with E-state index in [0.717, 1.165) is 19.5 Å².